The Morgan fingerprint density at radius 1 is 1.08 bits per heavy atom. The van der Waals surface area contributed by atoms with E-state index in [1.165, 1.54) is 18.1 Å². The highest BCUT2D eigenvalue weighted by Crippen LogP contribution is 2.32. The van der Waals surface area contributed by atoms with Gasteiger partial charge < -0.3 is 15.0 Å². The van der Waals surface area contributed by atoms with E-state index in [1.54, 1.807) is 31.2 Å². The van der Waals surface area contributed by atoms with Gasteiger partial charge in [-0.15, -0.1) is 0 Å². The van der Waals surface area contributed by atoms with Crippen LogP contribution in [0.15, 0.2) is 48.5 Å². The van der Waals surface area contributed by atoms with Crippen molar-refractivity contribution in [3.8, 4) is 5.75 Å². The van der Waals surface area contributed by atoms with Gasteiger partial charge in [-0.2, -0.15) is 13.2 Å². The first-order valence-corrected chi connectivity index (χ1v) is 14.5. The van der Waals surface area contributed by atoms with Crippen LogP contribution in [0.3, 0.4) is 0 Å². The summed E-state index contributed by atoms with van der Waals surface area (Å²) in [5, 5.41) is 2.82. The molecule has 12 heteroatoms. The van der Waals surface area contributed by atoms with Crippen LogP contribution in [0.25, 0.3) is 0 Å². The van der Waals surface area contributed by atoms with E-state index in [1.807, 2.05) is 6.92 Å². The fourth-order valence-corrected chi connectivity index (χ4v) is 5.01. The van der Waals surface area contributed by atoms with Crippen molar-refractivity contribution in [3.05, 3.63) is 59.7 Å². The van der Waals surface area contributed by atoms with Gasteiger partial charge in [-0.3, -0.25) is 13.9 Å². The van der Waals surface area contributed by atoms with Crippen LogP contribution in [-0.2, 0) is 32.3 Å². The third-order valence-electron chi connectivity index (χ3n) is 6.06. The maximum atomic E-state index is 13.4. The molecule has 0 spiro atoms. The highest BCUT2D eigenvalue weighted by Gasteiger charge is 2.32. The number of methoxy groups -OCH3 is 1. The van der Waals surface area contributed by atoms with Gasteiger partial charge in [0.2, 0.25) is 21.8 Å². The molecule has 1 atom stereocenters. The normalized spacial score (nSPS) is 12.5. The summed E-state index contributed by atoms with van der Waals surface area (Å²) in [6.07, 6.45) is -2.73. The standard InChI is InChI=1S/C27H36F3N3O5S/c1-5-16-31-26(35)24(6-2)32(19-20-12-14-23(38-3)15-13-20)25(34)11-8-17-33(39(4,36)37)22-10-7-9-21(18-22)27(28,29)30/h7,9-10,12-15,18,24H,5-6,8,11,16-17,19H2,1-4H3,(H,31,35)/t24-/m1/s1. The first-order valence-electron chi connectivity index (χ1n) is 12.7. The van der Waals surface area contributed by atoms with Gasteiger partial charge in [-0.25, -0.2) is 8.42 Å². The quantitative estimate of drug-likeness (QED) is 0.358. The lowest BCUT2D eigenvalue weighted by Crippen LogP contribution is -2.49. The molecule has 0 aromatic heterocycles. The third kappa shape index (κ3) is 9.45. The highest BCUT2D eigenvalue weighted by atomic mass is 32.2. The van der Waals surface area contributed by atoms with Gasteiger partial charge in [0, 0.05) is 26.1 Å². The second-order valence-corrected chi connectivity index (χ2v) is 11.0. The van der Waals surface area contributed by atoms with Crippen LogP contribution in [0, 0.1) is 0 Å². The first-order chi connectivity index (χ1) is 18.3. The van der Waals surface area contributed by atoms with Crippen molar-refractivity contribution < 1.29 is 35.9 Å². The second-order valence-electron chi connectivity index (χ2n) is 9.07. The number of anilines is 1. The molecule has 216 valence electrons. The third-order valence-corrected chi connectivity index (χ3v) is 7.25. The highest BCUT2D eigenvalue weighted by molar-refractivity contribution is 7.92. The SMILES string of the molecule is CCCNC(=O)[C@@H](CC)N(Cc1ccc(OC)cc1)C(=O)CCCN(c1cccc(C(F)(F)F)c1)S(C)(=O)=O. The summed E-state index contributed by atoms with van der Waals surface area (Å²) in [6.45, 7) is 4.11. The van der Waals surface area contributed by atoms with E-state index >= 15 is 0 Å². The van der Waals surface area contributed by atoms with E-state index in [-0.39, 0.29) is 43.4 Å². The number of amides is 2. The van der Waals surface area contributed by atoms with Crippen molar-refractivity contribution >= 4 is 27.5 Å². The molecular formula is C27H36F3N3O5S. The molecule has 0 aliphatic carbocycles. The number of sulfonamides is 1. The van der Waals surface area contributed by atoms with Crippen molar-refractivity contribution in [3.63, 3.8) is 0 Å². The lowest BCUT2D eigenvalue weighted by molar-refractivity contribution is -0.141. The Labute approximate surface area is 228 Å². The minimum absolute atomic E-state index is 0.0360. The number of nitrogens with zero attached hydrogens (tertiary/aromatic N) is 2. The number of nitrogens with one attached hydrogen (secondary N) is 1. The molecule has 0 bridgehead atoms. The summed E-state index contributed by atoms with van der Waals surface area (Å²) in [6, 6.07) is 10.4. The fourth-order valence-electron chi connectivity index (χ4n) is 4.05. The van der Waals surface area contributed by atoms with Crippen molar-refractivity contribution in [1.82, 2.24) is 10.2 Å². The number of halogens is 3. The Hall–Kier alpha value is -3.28. The Morgan fingerprint density at radius 2 is 1.74 bits per heavy atom. The molecule has 0 aliphatic heterocycles. The molecule has 0 heterocycles. The number of hydrogen-bond donors (Lipinski definition) is 1. The first kappa shape index (κ1) is 31.9. The van der Waals surface area contributed by atoms with Crippen molar-refractivity contribution in [2.24, 2.45) is 0 Å². The molecule has 0 saturated carbocycles. The zero-order valence-electron chi connectivity index (χ0n) is 22.6. The van der Waals surface area contributed by atoms with Crippen LogP contribution < -0.4 is 14.4 Å². The molecule has 2 rings (SSSR count). The van der Waals surface area contributed by atoms with E-state index in [4.69, 9.17) is 4.74 Å². The van der Waals surface area contributed by atoms with Gasteiger partial charge in [-0.05, 0) is 55.2 Å². The van der Waals surface area contributed by atoms with E-state index in [0.717, 1.165) is 40.7 Å². The molecule has 0 fully saturated rings. The van der Waals surface area contributed by atoms with Crippen molar-refractivity contribution in [1.29, 1.82) is 0 Å². The number of rotatable bonds is 14. The smallest absolute Gasteiger partial charge is 0.416 e. The predicted molar refractivity (Wildman–Crippen MR) is 144 cm³/mol. The van der Waals surface area contributed by atoms with Crippen molar-refractivity contribution in [2.45, 2.75) is 58.3 Å². The summed E-state index contributed by atoms with van der Waals surface area (Å²) in [7, 11) is -2.40. The Bertz CT molecular complexity index is 1200. The number of carbonyl (C=O) groups is 2. The van der Waals surface area contributed by atoms with Gasteiger partial charge in [0.05, 0.1) is 24.6 Å². The van der Waals surface area contributed by atoms with E-state index < -0.39 is 27.8 Å². The fraction of sp³-hybridized carbons (Fsp3) is 0.481. The molecular weight excluding hydrogens is 535 g/mol. The van der Waals surface area contributed by atoms with Gasteiger partial charge in [0.1, 0.15) is 11.8 Å². The zero-order valence-corrected chi connectivity index (χ0v) is 23.4. The number of alkyl halides is 3. The average Bonchev–Trinajstić information content (AvgIpc) is 2.88. The average molecular weight is 572 g/mol. The number of carbonyl (C=O) groups excluding carboxylic acids is 2. The summed E-state index contributed by atoms with van der Waals surface area (Å²) in [5.74, 6) is -0.0236. The molecule has 0 saturated heterocycles. The number of hydrogen-bond acceptors (Lipinski definition) is 5. The van der Waals surface area contributed by atoms with Crippen LogP contribution in [0.1, 0.15) is 50.7 Å². The monoisotopic (exact) mass is 571 g/mol. The molecule has 2 aromatic carbocycles. The Morgan fingerprint density at radius 3 is 2.28 bits per heavy atom. The molecule has 2 amide bonds. The van der Waals surface area contributed by atoms with Crippen LogP contribution in [0.4, 0.5) is 18.9 Å². The second kappa shape index (κ2) is 14.2. The predicted octanol–water partition coefficient (Wildman–Crippen LogP) is 4.59. The van der Waals surface area contributed by atoms with Crippen molar-refractivity contribution in [2.75, 3.05) is 30.8 Å². The molecule has 1 N–H and O–H groups in total. The van der Waals surface area contributed by atoms with E-state index in [0.29, 0.717) is 18.7 Å². The van der Waals surface area contributed by atoms with Gasteiger partial charge >= 0.3 is 6.18 Å². The minimum atomic E-state index is -4.63. The zero-order chi connectivity index (χ0) is 29.2. The molecule has 0 aliphatic rings. The summed E-state index contributed by atoms with van der Waals surface area (Å²) < 4.78 is 70.5. The van der Waals surface area contributed by atoms with Gasteiger partial charge in [-0.1, -0.05) is 32.0 Å². The number of benzene rings is 2. The maximum Gasteiger partial charge on any atom is 0.416 e. The summed E-state index contributed by atoms with van der Waals surface area (Å²) in [5.41, 5.74) is -0.341. The largest absolute Gasteiger partial charge is 0.497 e. The van der Waals surface area contributed by atoms with Gasteiger partial charge in [0.15, 0.2) is 0 Å². The number of ether oxygens (including phenoxy) is 1. The molecule has 0 radical (unpaired) electrons. The Balaban J connectivity index is 2.25. The molecule has 0 unspecified atom stereocenters. The van der Waals surface area contributed by atoms with Crippen LogP contribution in [-0.4, -0.2) is 57.6 Å². The van der Waals surface area contributed by atoms with Crippen LogP contribution >= 0.6 is 0 Å². The van der Waals surface area contributed by atoms with E-state index in [9.17, 15) is 31.2 Å². The molecule has 2 aromatic rings. The molecule has 8 nitrogen and oxygen atoms in total. The topological polar surface area (TPSA) is 96.0 Å². The van der Waals surface area contributed by atoms with Gasteiger partial charge in [0.25, 0.3) is 0 Å². The minimum Gasteiger partial charge on any atom is -0.497 e. The lowest BCUT2D eigenvalue weighted by atomic mass is 10.1. The molecule has 39 heavy (non-hydrogen) atoms. The van der Waals surface area contributed by atoms with E-state index in [2.05, 4.69) is 5.32 Å². The maximum absolute atomic E-state index is 13.4. The Kier molecular flexibility index (Phi) is 11.6. The van der Waals surface area contributed by atoms with Crippen LogP contribution in [0.2, 0.25) is 0 Å². The lowest BCUT2D eigenvalue weighted by Gasteiger charge is -2.31. The van der Waals surface area contributed by atoms with Crippen LogP contribution in [0.5, 0.6) is 5.75 Å². The summed E-state index contributed by atoms with van der Waals surface area (Å²) >= 11 is 0. The summed E-state index contributed by atoms with van der Waals surface area (Å²) in [4.78, 5) is 27.7.